The van der Waals surface area contributed by atoms with Crippen LogP contribution in [-0.4, -0.2) is 65.4 Å². The van der Waals surface area contributed by atoms with Crippen LogP contribution in [0.15, 0.2) is 41.8 Å². The zero-order valence-corrected chi connectivity index (χ0v) is 25.4. The van der Waals surface area contributed by atoms with Gasteiger partial charge in [-0.1, -0.05) is 25.0 Å². The van der Waals surface area contributed by atoms with Crippen molar-refractivity contribution in [3.05, 3.63) is 47.6 Å². The normalized spacial score (nSPS) is 29.0. The molecule has 0 unspecified atom stereocenters. The van der Waals surface area contributed by atoms with E-state index in [0.29, 0.717) is 55.9 Å². The molecule has 0 spiro atoms. The van der Waals surface area contributed by atoms with Crippen LogP contribution < -0.4 is 15.4 Å². The SMILES string of the molecule is O=C1N[C@]2(C(=O)NS(=O)(=O)C3CC3)C[C@H]2/C=C\CCCCC[C@H](Nc2nc(-c3ccc(F)cc3)cs2)C(=O)N2CCC[C@@H]12. The minimum absolute atomic E-state index is 0.202. The predicted octanol–water partition coefficient (Wildman–Crippen LogP) is 3.72. The Balaban J connectivity index is 1.21. The van der Waals surface area contributed by atoms with Crippen molar-refractivity contribution in [1.29, 1.82) is 0 Å². The molecule has 13 heteroatoms. The summed E-state index contributed by atoms with van der Waals surface area (Å²) in [6.07, 6.45) is 10.3. The van der Waals surface area contributed by atoms with Crippen LogP contribution in [0.2, 0.25) is 0 Å². The van der Waals surface area contributed by atoms with Gasteiger partial charge in [0.15, 0.2) is 5.13 Å². The van der Waals surface area contributed by atoms with Crippen LogP contribution in [0, 0.1) is 11.7 Å². The minimum atomic E-state index is -3.78. The maximum Gasteiger partial charge on any atom is 0.259 e. The van der Waals surface area contributed by atoms with Gasteiger partial charge in [-0.15, -0.1) is 11.3 Å². The van der Waals surface area contributed by atoms with E-state index in [4.69, 9.17) is 0 Å². The molecule has 0 radical (unpaired) electrons. The number of sulfonamides is 1. The number of hydrogen-bond acceptors (Lipinski definition) is 8. The first-order chi connectivity index (χ1) is 20.7. The highest BCUT2D eigenvalue weighted by atomic mass is 32.2. The molecule has 4 atom stereocenters. The smallest absolute Gasteiger partial charge is 0.259 e. The first-order valence-electron chi connectivity index (χ1n) is 15.0. The molecule has 43 heavy (non-hydrogen) atoms. The van der Waals surface area contributed by atoms with Gasteiger partial charge in [-0.2, -0.15) is 0 Å². The zero-order valence-electron chi connectivity index (χ0n) is 23.8. The summed E-state index contributed by atoms with van der Waals surface area (Å²) in [5.74, 6) is -1.99. The fourth-order valence-electron chi connectivity index (χ4n) is 6.02. The summed E-state index contributed by atoms with van der Waals surface area (Å²) in [7, 11) is -3.78. The second-order valence-electron chi connectivity index (χ2n) is 11.9. The van der Waals surface area contributed by atoms with Crippen LogP contribution in [0.4, 0.5) is 9.52 Å². The van der Waals surface area contributed by atoms with Gasteiger partial charge in [0.1, 0.15) is 23.4 Å². The third-order valence-electron chi connectivity index (χ3n) is 8.77. The molecule has 3 N–H and O–H groups in total. The van der Waals surface area contributed by atoms with Crippen molar-refractivity contribution in [2.75, 3.05) is 11.9 Å². The average Bonchev–Trinajstić information content (AvgIpc) is 3.84. The van der Waals surface area contributed by atoms with Crippen LogP contribution in [-0.2, 0) is 24.4 Å². The molecule has 1 aromatic heterocycles. The molecule has 2 aliphatic carbocycles. The number of halogens is 1. The van der Waals surface area contributed by atoms with E-state index in [1.54, 1.807) is 17.0 Å². The first-order valence-corrected chi connectivity index (χ1v) is 17.4. The van der Waals surface area contributed by atoms with Crippen LogP contribution in [0.5, 0.6) is 0 Å². The molecule has 2 aromatic rings. The topological polar surface area (TPSA) is 138 Å². The molecule has 2 aliphatic heterocycles. The van der Waals surface area contributed by atoms with Crippen molar-refractivity contribution in [3.63, 3.8) is 0 Å². The number of benzene rings is 1. The van der Waals surface area contributed by atoms with Gasteiger partial charge in [0, 0.05) is 23.4 Å². The van der Waals surface area contributed by atoms with Crippen molar-refractivity contribution in [2.24, 2.45) is 5.92 Å². The van der Waals surface area contributed by atoms with Crippen LogP contribution in [0.25, 0.3) is 11.3 Å². The highest BCUT2D eigenvalue weighted by Gasteiger charge is 2.61. The van der Waals surface area contributed by atoms with Crippen molar-refractivity contribution < 1.29 is 27.2 Å². The van der Waals surface area contributed by atoms with Crippen molar-refractivity contribution in [3.8, 4) is 11.3 Å². The van der Waals surface area contributed by atoms with E-state index in [-0.39, 0.29) is 17.6 Å². The van der Waals surface area contributed by atoms with Gasteiger partial charge < -0.3 is 15.5 Å². The van der Waals surface area contributed by atoms with E-state index in [9.17, 15) is 27.2 Å². The monoisotopic (exact) mass is 629 g/mol. The lowest BCUT2D eigenvalue weighted by atomic mass is 10.1. The molecule has 1 aromatic carbocycles. The van der Waals surface area contributed by atoms with Crippen LogP contribution in [0.1, 0.15) is 64.2 Å². The third-order valence-corrected chi connectivity index (χ3v) is 11.4. The quantitative estimate of drug-likeness (QED) is 0.414. The van der Waals surface area contributed by atoms with Gasteiger partial charge in [0.05, 0.1) is 10.9 Å². The van der Waals surface area contributed by atoms with E-state index >= 15 is 0 Å². The Morgan fingerprint density at radius 2 is 1.86 bits per heavy atom. The van der Waals surface area contributed by atoms with Crippen molar-refractivity contribution >= 4 is 44.2 Å². The van der Waals surface area contributed by atoms with E-state index in [1.807, 2.05) is 17.5 Å². The van der Waals surface area contributed by atoms with Crippen molar-refractivity contribution in [1.82, 2.24) is 19.9 Å². The molecular formula is C30H36FN5O5S2. The average molecular weight is 630 g/mol. The molecule has 4 aliphatic rings. The van der Waals surface area contributed by atoms with E-state index in [1.165, 1.54) is 23.5 Å². The van der Waals surface area contributed by atoms with Crippen LogP contribution >= 0.6 is 11.3 Å². The molecule has 3 fully saturated rings. The summed E-state index contributed by atoms with van der Waals surface area (Å²) in [5, 5.41) is 8.04. The minimum Gasteiger partial charge on any atom is -0.350 e. The number of thiazole rings is 1. The lowest BCUT2D eigenvalue weighted by Gasteiger charge is -2.30. The molecule has 3 heterocycles. The summed E-state index contributed by atoms with van der Waals surface area (Å²) < 4.78 is 40.7. The molecule has 1 saturated heterocycles. The Kier molecular flexibility index (Phi) is 8.29. The number of carbonyl (C=O) groups excluding carboxylic acids is 3. The fourth-order valence-corrected chi connectivity index (χ4v) is 8.16. The second kappa shape index (κ2) is 12.0. The number of amides is 3. The largest absolute Gasteiger partial charge is 0.350 e. The summed E-state index contributed by atoms with van der Waals surface area (Å²) in [5.41, 5.74) is 0.0979. The highest BCUT2D eigenvalue weighted by Crippen LogP contribution is 2.46. The highest BCUT2D eigenvalue weighted by molar-refractivity contribution is 7.91. The van der Waals surface area contributed by atoms with E-state index in [2.05, 4.69) is 20.3 Å². The number of rotatable bonds is 6. The number of carbonyl (C=O) groups is 3. The van der Waals surface area contributed by atoms with E-state index in [0.717, 1.165) is 31.2 Å². The number of aromatic nitrogens is 1. The lowest BCUT2D eigenvalue weighted by Crippen LogP contribution is -2.57. The molecule has 0 bridgehead atoms. The predicted molar refractivity (Wildman–Crippen MR) is 161 cm³/mol. The number of fused-ring (bicyclic) bond motifs is 2. The van der Waals surface area contributed by atoms with Crippen LogP contribution in [0.3, 0.4) is 0 Å². The van der Waals surface area contributed by atoms with E-state index < -0.39 is 44.7 Å². The Labute approximate surface area is 254 Å². The number of allylic oxidation sites excluding steroid dienone is 1. The summed E-state index contributed by atoms with van der Waals surface area (Å²) in [6.45, 7) is 0.409. The summed E-state index contributed by atoms with van der Waals surface area (Å²) in [6, 6.07) is 4.71. The fraction of sp³-hybridized carbons (Fsp3) is 0.533. The van der Waals surface area contributed by atoms with Gasteiger partial charge >= 0.3 is 0 Å². The lowest BCUT2D eigenvalue weighted by molar-refractivity contribution is -0.140. The number of nitrogens with zero attached hydrogens (tertiary/aromatic N) is 2. The summed E-state index contributed by atoms with van der Waals surface area (Å²) in [4.78, 5) is 47.2. The molecule has 230 valence electrons. The summed E-state index contributed by atoms with van der Waals surface area (Å²) >= 11 is 1.36. The Bertz CT molecular complexity index is 1520. The van der Waals surface area contributed by atoms with Gasteiger partial charge in [-0.05, 0) is 75.6 Å². The maximum absolute atomic E-state index is 14.0. The maximum atomic E-state index is 14.0. The number of nitrogens with one attached hydrogen (secondary N) is 3. The third kappa shape index (κ3) is 6.47. The first kappa shape index (κ1) is 29.7. The zero-order chi connectivity index (χ0) is 30.2. The Morgan fingerprint density at radius 3 is 2.63 bits per heavy atom. The Hall–Kier alpha value is -3.32. The Morgan fingerprint density at radius 1 is 1.07 bits per heavy atom. The van der Waals surface area contributed by atoms with Gasteiger partial charge in [0.2, 0.25) is 21.8 Å². The molecular weight excluding hydrogens is 593 g/mol. The second-order valence-corrected chi connectivity index (χ2v) is 14.8. The number of anilines is 1. The molecule has 10 nitrogen and oxygen atoms in total. The van der Waals surface area contributed by atoms with Gasteiger partial charge in [0.25, 0.3) is 5.91 Å². The molecule has 2 saturated carbocycles. The van der Waals surface area contributed by atoms with Crippen molar-refractivity contribution in [2.45, 2.75) is 87.1 Å². The standard InChI is InChI=1S/C30H36FN5O5S2/c31-21-12-10-19(11-13-21)24-18-42-29(33-24)32-23-8-5-3-1-2-4-7-20-17-30(20,28(39)35-43(40,41)22-14-15-22)34-26(37)25-9-6-16-36(25)27(23)38/h4,7,10-13,18,20,22-23,25H,1-3,5-6,8-9,14-17H2,(H,32,33)(H,34,37)(H,35,39)/b7-4-/t20-,23+,25+,30-/m1/s1. The van der Waals surface area contributed by atoms with Gasteiger partial charge in [-0.25, -0.2) is 17.8 Å². The molecule has 6 rings (SSSR count). The molecule has 3 amide bonds. The van der Waals surface area contributed by atoms with Gasteiger partial charge in [-0.3, -0.25) is 19.1 Å². The number of hydrogen-bond donors (Lipinski definition) is 3.